The first-order valence-electron chi connectivity index (χ1n) is 7.35. The van der Waals surface area contributed by atoms with E-state index in [-0.39, 0.29) is 5.54 Å². The van der Waals surface area contributed by atoms with Crippen molar-refractivity contribution in [1.82, 2.24) is 5.32 Å². The zero-order valence-corrected chi connectivity index (χ0v) is 13.0. The molecule has 0 aromatic heterocycles. The zero-order chi connectivity index (χ0) is 14.1. The molecule has 1 atom stereocenters. The largest absolute Gasteiger partial charge is 0.380 e. The van der Waals surface area contributed by atoms with E-state index in [1.54, 1.807) is 0 Å². The molecular weight excluding hydrogens is 232 g/mol. The Kier molecular flexibility index (Phi) is 3.91. The molecule has 2 nitrogen and oxygen atoms in total. The molecule has 1 aromatic carbocycles. The molecule has 0 saturated carbocycles. The van der Waals surface area contributed by atoms with Crippen molar-refractivity contribution in [2.45, 2.75) is 59.0 Å². The summed E-state index contributed by atoms with van der Waals surface area (Å²) >= 11 is 0. The summed E-state index contributed by atoms with van der Waals surface area (Å²) in [6.07, 6.45) is 2.31. The van der Waals surface area contributed by atoms with Gasteiger partial charge in [0, 0.05) is 23.8 Å². The van der Waals surface area contributed by atoms with Crippen LogP contribution in [0.25, 0.3) is 0 Å². The van der Waals surface area contributed by atoms with E-state index in [0.717, 1.165) is 13.0 Å². The number of hydrogen-bond acceptors (Lipinski definition) is 2. The van der Waals surface area contributed by atoms with Crippen molar-refractivity contribution in [3.05, 3.63) is 29.8 Å². The molecule has 0 radical (unpaired) electrons. The highest BCUT2D eigenvalue weighted by Crippen LogP contribution is 2.28. The molecule has 1 aliphatic heterocycles. The number of para-hydroxylation sites is 1. The van der Waals surface area contributed by atoms with Crippen LogP contribution in [0.3, 0.4) is 0 Å². The molecule has 2 rings (SSSR count). The SMILES string of the molecule is CC(C)(C)CC(C)(C)NCC1Cc2ccccc2N1. The highest BCUT2D eigenvalue weighted by molar-refractivity contribution is 5.56. The van der Waals surface area contributed by atoms with Gasteiger partial charge in [-0.1, -0.05) is 39.0 Å². The molecule has 0 saturated heterocycles. The Labute approximate surface area is 118 Å². The Bertz CT molecular complexity index is 404. The highest BCUT2D eigenvalue weighted by Gasteiger charge is 2.27. The fourth-order valence-corrected chi connectivity index (χ4v) is 3.29. The van der Waals surface area contributed by atoms with E-state index < -0.39 is 0 Å². The second kappa shape index (κ2) is 5.16. The fourth-order valence-electron chi connectivity index (χ4n) is 3.29. The molecule has 19 heavy (non-hydrogen) atoms. The van der Waals surface area contributed by atoms with Crippen LogP contribution >= 0.6 is 0 Å². The van der Waals surface area contributed by atoms with Crippen molar-refractivity contribution in [3.63, 3.8) is 0 Å². The third kappa shape index (κ3) is 4.24. The van der Waals surface area contributed by atoms with E-state index in [9.17, 15) is 0 Å². The summed E-state index contributed by atoms with van der Waals surface area (Å²) in [7, 11) is 0. The van der Waals surface area contributed by atoms with Crippen LogP contribution in [0.15, 0.2) is 24.3 Å². The molecule has 1 heterocycles. The predicted octanol–water partition coefficient (Wildman–Crippen LogP) is 3.83. The van der Waals surface area contributed by atoms with Crippen LogP contribution in [0.4, 0.5) is 5.69 Å². The Morgan fingerprint density at radius 2 is 1.84 bits per heavy atom. The van der Waals surface area contributed by atoms with Gasteiger partial charge in [0.25, 0.3) is 0 Å². The molecule has 0 aliphatic carbocycles. The molecule has 0 fully saturated rings. The van der Waals surface area contributed by atoms with Crippen molar-refractivity contribution in [1.29, 1.82) is 0 Å². The van der Waals surface area contributed by atoms with Gasteiger partial charge < -0.3 is 10.6 Å². The van der Waals surface area contributed by atoms with Crippen LogP contribution in [0.2, 0.25) is 0 Å². The van der Waals surface area contributed by atoms with Gasteiger partial charge in [0.1, 0.15) is 0 Å². The smallest absolute Gasteiger partial charge is 0.0427 e. The molecule has 2 N–H and O–H groups in total. The first-order valence-corrected chi connectivity index (χ1v) is 7.35. The predicted molar refractivity (Wildman–Crippen MR) is 83.7 cm³/mol. The lowest BCUT2D eigenvalue weighted by molar-refractivity contribution is 0.240. The topological polar surface area (TPSA) is 24.1 Å². The van der Waals surface area contributed by atoms with Crippen molar-refractivity contribution in [2.75, 3.05) is 11.9 Å². The lowest BCUT2D eigenvalue weighted by Gasteiger charge is -2.34. The van der Waals surface area contributed by atoms with Crippen LogP contribution in [0.1, 0.15) is 46.6 Å². The summed E-state index contributed by atoms with van der Waals surface area (Å²) < 4.78 is 0. The minimum absolute atomic E-state index is 0.189. The Morgan fingerprint density at radius 1 is 1.16 bits per heavy atom. The van der Waals surface area contributed by atoms with Gasteiger partial charge in [0.15, 0.2) is 0 Å². The molecule has 1 unspecified atom stereocenters. The standard InChI is InChI=1S/C17H28N2/c1-16(2,3)12-17(4,5)18-11-14-10-13-8-6-7-9-15(13)19-14/h6-9,14,18-19H,10-12H2,1-5H3. The maximum absolute atomic E-state index is 3.73. The summed E-state index contributed by atoms with van der Waals surface area (Å²) in [5.74, 6) is 0. The number of nitrogens with one attached hydrogen (secondary N) is 2. The van der Waals surface area contributed by atoms with Crippen LogP contribution in [-0.2, 0) is 6.42 Å². The van der Waals surface area contributed by atoms with Crippen molar-refractivity contribution >= 4 is 5.69 Å². The van der Waals surface area contributed by atoms with Gasteiger partial charge >= 0.3 is 0 Å². The molecule has 1 aliphatic rings. The van der Waals surface area contributed by atoms with Crippen LogP contribution in [0.5, 0.6) is 0 Å². The van der Waals surface area contributed by atoms with Crippen molar-refractivity contribution < 1.29 is 0 Å². The van der Waals surface area contributed by atoms with E-state index in [1.165, 1.54) is 17.7 Å². The Hall–Kier alpha value is -1.02. The van der Waals surface area contributed by atoms with Gasteiger partial charge in [-0.15, -0.1) is 0 Å². The molecule has 106 valence electrons. The average molecular weight is 260 g/mol. The molecule has 0 spiro atoms. The molecule has 0 amide bonds. The number of anilines is 1. The third-order valence-corrected chi connectivity index (χ3v) is 3.64. The number of hydrogen-bond donors (Lipinski definition) is 2. The maximum atomic E-state index is 3.73. The number of benzene rings is 1. The molecule has 0 bridgehead atoms. The van der Waals surface area contributed by atoms with Gasteiger partial charge in [0.05, 0.1) is 0 Å². The van der Waals surface area contributed by atoms with Crippen LogP contribution < -0.4 is 10.6 Å². The lowest BCUT2D eigenvalue weighted by atomic mass is 9.81. The van der Waals surface area contributed by atoms with E-state index in [2.05, 4.69) is 69.5 Å². The molecule has 1 aromatic rings. The van der Waals surface area contributed by atoms with Gasteiger partial charge in [-0.3, -0.25) is 0 Å². The second-order valence-electron chi connectivity index (χ2n) is 7.70. The minimum Gasteiger partial charge on any atom is -0.380 e. The van der Waals surface area contributed by atoms with E-state index in [1.807, 2.05) is 0 Å². The molecule has 2 heteroatoms. The van der Waals surface area contributed by atoms with E-state index >= 15 is 0 Å². The molecular formula is C17H28N2. The monoisotopic (exact) mass is 260 g/mol. The van der Waals surface area contributed by atoms with Crippen molar-refractivity contribution in [2.24, 2.45) is 5.41 Å². The Morgan fingerprint density at radius 3 is 2.47 bits per heavy atom. The van der Waals surface area contributed by atoms with Gasteiger partial charge in [-0.25, -0.2) is 0 Å². The first kappa shape index (κ1) is 14.4. The highest BCUT2D eigenvalue weighted by atomic mass is 15.0. The van der Waals surface area contributed by atoms with Crippen molar-refractivity contribution in [3.8, 4) is 0 Å². The number of fused-ring (bicyclic) bond motifs is 1. The second-order valence-corrected chi connectivity index (χ2v) is 7.70. The summed E-state index contributed by atoms with van der Waals surface area (Å²) in [5, 5.41) is 7.34. The van der Waals surface area contributed by atoms with E-state index in [4.69, 9.17) is 0 Å². The first-order chi connectivity index (χ1) is 8.75. The van der Waals surface area contributed by atoms with Crippen LogP contribution in [-0.4, -0.2) is 18.1 Å². The van der Waals surface area contributed by atoms with Gasteiger partial charge in [-0.05, 0) is 43.7 Å². The average Bonchev–Trinajstić information content (AvgIpc) is 2.66. The summed E-state index contributed by atoms with van der Waals surface area (Å²) in [6, 6.07) is 9.15. The normalized spacial score (nSPS) is 19.1. The van der Waals surface area contributed by atoms with E-state index in [0.29, 0.717) is 11.5 Å². The summed E-state index contributed by atoms with van der Waals surface area (Å²) in [5.41, 5.74) is 3.31. The number of rotatable bonds is 4. The van der Waals surface area contributed by atoms with Crippen LogP contribution in [0, 0.1) is 5.41 Å². The zero-order valence-electron chi connectivity index (χ0n) is 13.0. The quantitative estimate of drug-likeness (QED) is 0.860. The lowest BCUT2D eigenvalue weighted by Crippen LogP contribution is -2.46. The fraction of sp³-hybridized carbons (Fsp3) is 0.647. The summed E-state index contributed by atoms with van der Waals surface area (Å²) in [4.78, 5) is 0. The van der Waals surface area contributed by atoms with Gasteiger partial charge in [-0.2, -0.15) is 0 Å². The maximum Gasteiger partial charge on any atom is 0.0427 e. The summed E-state index contributed by atoms with van der Waals surface area (Å²) in [6.45, 7) is 12.6. The minimum atomic E-state index is 0.189. The van der Waals surface area contributed by atoms with Gasteiger partial charge in [0.2, 0.25) is 0 Å². The Balaban J connectivity index is 1.85. The third-order valence-electron chi connectivity index (χ3n) is 3.64.